The minimum absolute atomic E-state index is 0.0546. The van der Waals surface area contributed by atoms with Gasteiger partial charge in [-0.25, -0.2) is 13.1 Å². The minimum atomic E-state index is -3.34. The van der Waals surface area contributed by atoms with Crippen molar-refractivity contribution in [2.45, 2.75) is 11.8 Å². The molecule has 2 aromatic rings. The lowest BCUT2D eigenvalue weighted by Crippen LogP contribution is -2.05. The van der Waals surface area contributed by atoms with Gasteiger partial charge in [0.1, 0.15) is 10.7 Å². The summed E-state index contributed by atoms with van der Waals surface area (Å²) >= 11 is 0. The van der Waals surface area contributed by atoms with Crippen molar-refractivity contribution in [2.24, 2.45) is 0 Å². The van der Waals surface area contributed by atoms with Crippen LogP contribution in [0.25, 0.3) is 5.69 Å². The Morgan fingerprint density at radius 2 is 2.06 bits per heavy atom. The maximum atomic E-state index is 11.4. The van der Waals surface area contributed by atoms with Crippen LogP contribution in [0.1, 0.15) is 5.56 Å². The number of anilines is 1. The molecular weight excluding hydrogens is 238 g/mol. The van der Waals surface area contributed by atoms with Crippen molar-refractivity contribution in [2.75, 3.05) is 12.0 Å². The maximum Gasteiger partial charge on any atom is 0.180 e. The smallest absolute Gasteiger partial charge is 0.180 e. The summed E-state index contributed by atoms with van der Waals surface area (Å²) < 4.78 is 24.3. The summed E-state index contributed by atoms with van der Waals surface area (Å²) in [6, 6.07) is 7.52. The molecule has 1 heterocycles. The van der Waals surface area contributed by atoms with E-state index in [2.05, 4.69) is 5.10 Å². The molecule has 2 rings (SSSR count). The zero-order valence-electron chi connectivity index (χ0n) is 9.58. The fourth-order valence-electron chi connectivity index (χ4n) is 1.59. The first-order chi connectivity index (χ1) is 7.89. The van der Waals surface area contributed by atoms with Gasteiger partial charge < -0.3 is 5.73 Å². The maximum absolute atomic E-state index is 11.4. The molecule has 17 heavy (non-hydrogen) atoms. The number of aryl methyl sites for hydroxylation is 1. The van der Waals surface area contributed by atoms with Gasteiger partial charge in [0.05, 0.1) is 11.9 Å². The number of hydrogen-bond donors (Lipinski definition) is 1. The van der Waals surface area contributed by atoms with Gasteiger partial charge in [0.25, 0.3) is 0 Å². The molecule has 0 aliphatic heterocycles. The molecule has 0 aliphatic carbocycles. The highest BCUT2D eigenvalue weighted by Crippen LogP contribution is 2.21. The molecule has 0 fully saturated rings. The topological polar surface area (TPSA) is 78.0 Å². The van der Waals surface area contributed by atoms with E-state index in [-0.39, 0.29) is 10.7 Å². The highest BCUT2D eigenvalue weighted by molar-refractivity contribution is 7.90. The molecule has 2 N–H and O–H groups in total. The Labute approximate surface area is 99.8 Å². The van der Waals surface area contributed by atoms with Gasteiger partial charge >= 0.3 is 0 Å². The van der Waals surface area contributed by atoms with E-state index in [9.17, 15) is 8.42 Å². The van der Waals surface area contributed by atoms with E-state index in [4.69, 9.17) is 5.73 Å². The third-order valence-corrected chi connectivity index (χ3v) is 3.53. The summed E-state index contributed by atoms with van der Waals surface area (Å²) in [7, 11) is -3.34. The lowest BCUT2D eigenvalue weighted by atomic mass is 10.2. The van der Waals surface area contributed by atoms with E-state index in [0.717, 1.165) is 17.5 Å². The molecular formula is C11H13N3O2S. The van der Waals surface area contributed by atoms with Crippen molar-refractivity contribution in [3.8, 4) is 5.69 Å². The first-order valence-corrected chi connectivity index (χ1v) is 6.89. The molecule has 1 aromatic heterocycles. The zero-order chi connectivity index (χ0) is 12.6. The third kappa shape index (κ3) is 2.16. The number of nitrogens with zero attached hydrogens (tertiary/aromatic N) is 2. The number of aromatic nitrogens is 2. The van der Waals surface area contributed by atoms with Crippen LogP contribution in [0.2, 0.25) is 0 Å². The van der Waals surface area contributed by atoms with Crippen LogP contribution in [-0.2, 0) is 9.84 Å². The van der Waals surface area contributed by atoms with Crippen molar-refractivity contribution < 1.29 is 8.42 Å². The van der Waals surface area contributed by atoms with Gasteiger partial charge in [-0.1, -0.05) is 12.1 Å². The second-order valence-corrected chi connectivity index (χ2v) is 5.90. The number of nitrogens with two attached hydrogens (primary N) is 1. The van der Waals surface area contributed by atoms with Crippen molar-refractivity contribution in [1.29, 1.82) is 0 Å². The SMILES string of the molecule is Cc1cccc(-n2ncc(S(C)(=O)=O)c2N)c1. The first kappa shape index (κ1) is 11.7. The van der Waals surface area contributed by atoms with Gasteiger partial charge in [0, 0.05) is 6.26 Å². The highest BCUT2D eigenvalue weighted by Gasteiger charge is 2.17. The first-order valence-electron chi connectivity index (χ1n) is 5.00. The van der Waals surface area contributed by atoms with Crippen LogP contribution in [0.5, 0.6) is 0 Å². The van der Waals surface area contributed by atoms with Crippen LogP contribution >= 0.6 is 0 Å². The van der Waals surface area contributed by atoms with Crippen LogP contribution in [0.15, 0.2) is 35.4 Å². The molecule has 5 nitrogen and oxygen atoms in total. The Morgan fingerprint density at radius 3 is 2.59 bits per heavy atom. The Bertz CT molecular complexity index is 659. The predicted molar refractivity (Wildman–Crippen MR) is 65.8 cm³/mol. The third-order valence-electron chi connectivity index (χ3n) is 2.42. The van der Waals surface area contributed by atoms with Gasteiger partial charge in [-0.3, -0.25) is 0 Å². The van der Waals surface area contributed by atoms with E-state index in [1.807, 2.05) is 31.2 Å². The number of hydrogen-bond acceptors (Lipinski definition) is 4. The van der Waals surface area contributed by atoms with Crippen molar-refractivity contribution in [3.63, 3.8) is 0 Å². The van der Waals surface area contributed by atoms with Crippen molar-refractivity contribution >= 4 is 15.7 Å². The molecule has 1 aromatic carbocycles. The van der Waals surface area contributed by atoms with Gasteiger partial charge in [0.15, 0.2) is 9.84 Å². The Morgan fingerprint density at radius 1 is 1.35 bits per heavy atom. The minimum Gasteiger partial charge on any atom is -0.382 e. The average molecular weight is 251 g/mol. The van der Waals surface area contributed by atoms with Gasteiger partial charge in [-0.05, 0) is 24.6 Å². The summed E-state index contributed by atoms with van der Waals surface area (Å²) in [6.07, 6.45) is 2.38. The molecule has 0 atom stereocenters. The predicted octanol–water partition coefficient (Wildman–Crippen LogP) is 1.17. The molecule has 90 valence electrons. The lowest BCUT2D eigenvalue weighted by molar-refractivity contribution is 0.602. The van der Waals surface area contributed by atoms with E-state index >= 15 is 0 Å². The van der Waals surface area contributed by atoms with E-state index in [0.29, 0.717) is 0 Å². The Hall–Kier alpha value is -1.82. The van der Waals surface area contributed by atoms with E-state index in [1.165, 1.54) is 10.9 Å². The van der Waals surface area contributed by atoms with Crippen LogP contribution in [0.4, 0.5) is 5.82 Å². The zero-order valence-corrected chi connectivity index (χ0v) is 10.4. The van der Waals surface area contributed by atoms with Gasteiger partial charge in [-0.15, -0.1) is 0 Å². The molecule has 0 amide bonds. The number of rotatable bonds is 2. The number of nitrogen functional groups attached to an aromatic ring is 1. The largest absolute Gasteiger partial charge is 0.382 e. The van der Waals surface area contributed by atoms with Gasteiger partial charge in [-0.2, -0.15) is 5.10 Å². The molecule has 0 unspecified atom stereocenters. The molecule has 0 saturated heterocycles. The standard InChI is InChI=1S/C11H13N3O2S/c1-8-4-3-5-9(6-8)14-11(12)10(7-13-14)17(2,15)16/h3-7H,12H2,1-2H3. The summed E-state index contributed by atoms with van der Waals surface area (Å²) in [6.45, 7) is 1.95. The highest BCUT2D eigenvalue weighted by atomic mass is 32.2. The normalized spacial score (nSPS) is 11.6. The van der Waals surface area contributed by atoms with E-state index < -0.39 is 9.84 Å². The summed E-state index contributed by atoms with van der Waals surface area (Å²) in [5.74, 6) is 0.137. The van der Waals surface area contributed by atoms with Crippen molar-refractivity contribution in [1.82, 2.24) is 9.78 Å². The molecule has 0 saturated carbocycles. The summed E-state index contributed by atoms with van der Waals surface area (Å²) in [5.41, 5.74) is 7.59. The number of sulfone groups is 1. The monoisotopic (exact) mass is 251 g/mol. The second-order valence-electron chi connectivity index (χ2n) is 3.92. The summed E-state index contributed by atoms with van der Waals surface area (Å²) in [4.78, 5) is 0.0546. The molecule has 0 bridgehead atoms. The Balaban J connectivity index is 2.60. The fourth-order valence-corrected chi connectivity index (χ4v) is 2.30. The molecule has 0 aliphatic rings. The molecule has 0 radical (unpaired) electrons. The quantitative estimate of drug-likeness (QED) is 0.869. The van der Waals surface area contributed by atoms with Crippen LogP contribution < -0.4 is 5.73 Å². The fraction of sp³-hybridized carbons (Fsp3) is 0.182. The van der Waals surface area contributed by atoms with Crippen molar-refractivity contribution in [3.05, 3.63) is 36.0 Å². The van der Waals surface area contributed by atoms with Crippen LogP contribution in [-0.4, -0.2) is 24.5 Å². The molecule has 6 heteroatoms. The summed E-state index contributed by atoms with van der Waals surface area (Å²) in [5, 5.41) is 4.01. The second kappa shape index (κ2) is 3.89. The molecule has 0 spiro atoms. The van der Waals surface area contributed by atoms with Crippen LogP contribution in [0.3, 0.4) is 0 Å². The average Bonchev–Trinajstić information content (AvgIpc) is 2.59. The van der Waals surface area contributed by atoms with E-state index in [1.54, 1.807) is 0 Å². The van der Waals surface area contributed by atoms with Gasteiger partial charge in [0.2, 0.25) is 0 Å². The lowest BCUT2D eigenvalue weighted by Gasteiger charge is -2.05. The Kier molecular flexibility index (Phi) is 2.66. The van der Waals surface area contributed by atoms with Crippen LogP contribution in [0, 0.1) is 6.92 Å². The number of benzene rings is 1.